The van der Waals surface area contributed by atoms with Crippen molar-refractivity contribution < 1.29 is 32.6 Å². The Kier molecular flexibility index (Phi) is 7.13. The summed E-state index contributed by atoms with van der Waals surface area (Å²) in [7, 11) is 0. The van der Waals surface area contributed by atoms with E-state index in [4.69, 9.17) is 4.74 Å². The molecule has 0 bridgehead atoms. The summed E-state index contributed by atoms with van der Waals surface area (Å²) < 4.78 is 46.5. The molecule has 1 aliphatic rings. The van der Waals surface area contributed by atoms with Gasteiger partial charge in [0, 0.05) is 29.4 Å². The summed E-state index contributed by atoms with van der Waals surface area (Å²) in [4.78, 5) is 25.7. The fraction of sp³-hybridized carbons (Fsp3) is 0.259. The molecule has 1 amide bonds. The standard InChI is InChI=1S/C27H23BrF3NO4/c1-26(13-17-5-8-22(28)9-6-17)14-20-12-19(7-10-23(20)36-26)25(35)32(16-24(33)34)15-18-3-2-4-21(11-18)27(29,30)31/h2-12H,13-16H2,1H3,(H,33,34)/t26-/m0/s1. The van der Waals surface area contributed by atoms with Crippen LogP contribution in [0.25, 0.3) is 0 Å². The maximum Gasteiger partial charge on any atom is 0.416 e. The molecule has 0 aliphatic carbocycles. The second-order valence-electron chi connectivity index (χ2n) is 9.11. The lowest BCUT2D eigenvalue weighted by atomic mass is 9.91. The maximum absolute atomic E-state index is 13.2. The van der Waals surface area contributed by atoms with Crippen LogP contribution in [-0.2, 0) is 30.4 Å². The SMILES string of the molecule is C[C@]1(Cc2ccc(Br)cc2)Cc2cc(C(=O)N(CC(=O)O)Cc3cccc(C(F)(F)F)c3)ccc2O1. The van der Waals surface area contributed by atoms with Crippen LogP contribution in [0, 0.1) is 0 Å². The highest BCUT2D eigenvalue weighted by molar-refractivity contribution is 9.10. The van der Waals surface area contributed by atoms with Crippen LogP contribution in [0.1, 0.15) is 39.5 Å². The van der Waals surface area contributed by atoms with Gasteiger partial charge in [0.25, 0.3) is 5.91 Å². The van der Waals surface area contributed by atoms with E-state index in [2.05, 4.69) is 15.9 Å². The minimum atomic E-state index is -4.54. The largest absolute Gasteiger partial charge is 0.487 e. The highest BCUT2D eigenvalue weighted by Gasteiger charge is 2.36. The van der Waals surface area contributed by atoms with Gasteiger partial charge in [0.1, 0.15) is 17.9 Å². The van der Waals surface area contributed by atoms with Crippen LogP contribution < -0.4 is 4.74 Å². The number of aliphatic carboxylic acids is 1. The minimum Gasteiger partial charge on any atom is -0.487 e. The Morgan fingerprint density at radius 1 is 1.06 bits per heavy atom. The molecule has 0 spiro atoms. The fourth-order valence-electron chi connectivity index (χ4n) is 4.40. The highest BCUT2D eigenvalue weighted by Crippen LogP contribution is 2.38. The molecule has 3 aromatic rings. The molecule has 1 aliphatic heterocycles. The van der Waals surface area contributed by atoms with Crippen LogP contribution in [0.15, 0.2) is 71.2 Å². The van der Waals surface area contributed by atoms with E-state index in [0.29, 0.717) is 18.6 Å². The van der Waals surface area contributed by atoms with Gasteiger partial charge < -0.3 is 14.7 Å². The van der Waals surface area contributed by atoms with Crippen molar-refractivity contribution in [2.45, 2.75) is 38.1 Å². The van der Waals surface area contributed by atoms with E-state index in [-0.39, 0.29) is 17.7 Å². The molecule has 0 fully saturated rings. The average Bonchev–Trinajstić information content (AvgIpc) is 3.14. The van der Waals surface area contributed by atoms with E-state index >= 15 is 0 Å². The normalized spacial score (nSPS) is 16.8. The van der Waals surface area contributed by atoms with Crippen molar-refractivity contribution in [1.29, 1.82) is 0 Å². The number of carboxylic acids is 1. The number of hydrogen-bond acceptors (Lipinski definition) is 3. The summed E-state index contributed by atoms with van der Waals surface area (Å²) in [6, 6.07) is 17.4. The zero-order chi connectivity index (χ0) is 26.1. The third kappa shape index (κ3) is 6.07. The Hall–Kier alpha value is -3.33. The van der Waals surface area contributed by atoms with E-state index in [1.54, 1.807) is 18.2 Å². The van der Waals surface area contributed by atoms with Crippen LogP contribution in [-0.4, -0.2) is 34.0 Å². The van der Waals surface area contributed by atoms with Gasteiger partial charge in [-0.15, -0.1) is 0 Å². The van der Waals surface area contributed by atoms with Gasteiger partial charge in [-0.3, -0.25) is 9.59 Å². The van der Waals surface area contributed by atoms with E-state index in [9.17, 15) is 27.9 Å². The van der Waals surface area contributed by atoms with Crippen LogP contribution in [0.4, 0.5) is 13.2 Å². The van der Waals surface area contributed by atoms with Gasteiger partial charge in [0.15, 0.2) is 0 Å². The number of fused-ring (bicyclic) bond motifs is 1. The highest BCUT2D eigenvalue weighted by atomic mass is 79.9. The first kappa shape index (κ1) is 25.8. The first-order valence-corrected chi connectivity index (χ1v) is 11.9. The van der Waals surface area contributed by atoms with E-state index in [1.165, 1.54) is 12.1 Å². The Morgan fingerprint density at radius 2 is 1.78 bits per heavy atom. The number of benzene rings is 3. The van der Waals surface area contributed by atoms with E-state index < -0.39 is 35.8 Å². The zero-order valence-electron chi connectivity index (χ0n) is 19.3. The summed E-state index contributed by atoms with van der Waals surface area (Å²) in [6.07, 6.45) is -3.34. The van der Waals surface area contributed by atoms with Crippen LogP contribution in [0.2, 0.25) is 0 Å². The van der Waals surface area contributed by atoms with Gasteiger partial charge in [-0.1, -0.05) is 40.2 Å². The van der Waals surface area contributed by atoms with Crippen molar-refractivity contribution in [3.05, 3.63) is 99.0 Å². The van der Waals surface area contributed by atoms with Crippen molar-refractivity contribution in [1.82, 2.24) is 4.90 Å². The number of hydrogen-bond donors (Lipinski definition) is 1. The van der Waals surface area contributed by atoms with Crippen LogP contribution in [0.3, 0.4) is 0 Å². The molecule has 0 saturated carbocycles. The summed E-state index contributed by atoms with van der Waals surface area (Å²) in [5, 5.41) is 9.33. The number of carbonyl (C=O) groups is 2. The van der Waals surface area contributed by atoms with Gasteiger partial charge >= 0.3 is 12.1 Å². The molecule has 1 atom stereocenters. The molecule has 0 unspecified atom stereocenters. The van der Waals surface area contributed by atoms with E-state index in [0.717, 1.165) is 32.6 Å². The van der Waals surface area contributed by atoms with Gasteiger partial charge in [-0.25, -0.2) is 0 Å². The first-order valence-electron chi connectivity index (χ1n) is 11.2. The molecule has 4 rings (SSSR count). The number of alkyl halides is 3. The number of carboxylic acid groups (broad SMARTS) is 1. The van der Waals surface area contributed by atoms with Gasteiger partial charge in [0.05, 0.1) is 5.56 Å². The lowest BCUT2D eigenvalue weighted by molar-refractivity contribution is -0.139. The molecule has 188 valence electrons. The third-order valence-electron chi connectivity index (χ3n) is 5.96. The smallest absolute Gasteiger partial charge is 0.416 e. The minimum absolute atomic E-state index is 0.186. The first-order chi connectivity index (χ1) is 16.9. The summed E-state index contributed by atoms with van der Waals surface area (Å²) in [5.41, 5.74) is 0.969. The number of amides is 1. The van der Waals surface area contributed by atoms with Gasteiger partial charge in [-0.2, -0.15) is 13.2 Å². The molecular formula is C27H23BrF3NO4. The number of nitrogens with zero attached hydrogens (tertiary/aromatic N) is 1. The Balaban J connectivity index is 1.53. The number of rotatable bonds is 7. The molecule has 5 nitrogen and oxygen atoms in total. The van der Waals surface area contributed by atoms with Crippen LogP contribution in [0.5, 0.6) is 5.75 Å². The quantitative estimate of drug-likeness (QED) is 0.376. The molecule has 0 radical (unpaired) electrons. The number of halogens is 4. The molecular weight excluding hydrogens is 539 g/mol. The lowest BCUT2D eigenvalue weighted by Gasteiger charge is -2.24. The van der Waals surface area contributed by atoms with Crippen LogP contribution >= 0.6 is 15.9 Å². The molecule has 1 N–H and O–H groups in total. The predicted molar refractivity (Wildman–Crippen MR) is 131 cm³/mol. The second-order valence-corrected chi connectivity index (χ2v) is 10.0. The zero-order valence-corrected chi connectivity index (χ0v) is 20.9. The maximum atomic E-state index is 13.2. The average molecular weight is 562 g/mol. The summed E-state index contributed by atoms with van der Waals surface area (Å²) in [6.45, 7) is 1.06. The lowest BCUT2D eigenvalue weighted by Crippen LogP contribution is -2.35. The summed E-state index contributed by atoms with van der Waals surface area (Å²) >= 11 is 3.42. The second kappa shape index (κ2) is 9.97. The van der Waals surface area contributed by atoms with Crippen molar-refractivity contribution >= 4 is 27.8 Å². The molecule has 0 aromatic heterocycles. The topological polar surface area (TPSA) is 66.8 Å². The monoisotopic (exact) mass is 561 g/mol. The Morgan fingerprint density at radius 3 is 2.44 bits per heavy atom. The molecule has 1 heterocycles. The van der Waals surface area contributed by atoms with Crippen molar-refractivity contribution in [3.8, 4) is 5.75 Å². The van der Waals surface area contributed by atoms with Crippen molar-refractivity contribution in [3.63, 3.8) is 0 Å². The van der Waals surface area contributed by atoms with Crippen molar-refractivity contribution in [2.75, 3.05) is 6.54 Å². The van der Waals surface area contributed by atoms with Gasteiger partial charge in [0.2, 0.25) is 0 Å². The summed E-state index contributed by atoms with van der Waals surface area (Å²) in [5.74, 6) is -1.20. The number of carbonyl (C=O) groups excluding carboxylic acids is 1. The fourth-order valence-corrected chi connectivity index (χ4v) is 4.66. The van der Waals surface area contributed by atoms with Crippen molar-refractivity contribution in [2.24, 2.45) is 0 Å². The third-order valence-corrected chi connectivity index (χ3v) is 6.49. The molecule has 36 heavy (non-hydrogen) atoms. The molecule has 0 saturated heterocycles. The number of ether oxygens (including phenoxy) is 1. The Labute approximate surface area is 214 Å². The van der Waals surface area contributed by atoms with Gasteiger partial charge in [-0.05, 0) is 66.1 Å². The predicted octanol–water partition coefficient (Wildman–Crippen LogP) is 6.13. The van der Waals surface area contributed by atoms with E-state index in [1.807, 2.05) is 31.2 Å². The Bertz CT molecular complexity index is 1290. The molecule has 9 heteroatoms. The molecule has 3 aromatic carbocycles.